The molecule has 0 amide bonds. The Morgan fingerprint density at radius 1 is 1.24 bits per heavy atom. The Morgan fingerprint density at radius 2 is 1.90 bits per heavy atom. The van der Waals surface area contributed by atoms with Crippen molar-refractivity contribution in [1.82, 2.24) is 10.2 Å². The first-order valence-corrected chi connectivity index (χ1v) is 8.02. The van der Waals surface area contributed by atoms with Crippen LogP contribution >= 0.6 is 0 Å². The molecule has 0 bridgehead atoms. The fraction of sp³-hybridized carbons (Fsp3) is 0.647. The number of aliphatic hydroxyl groups excluding tert-OH is 1. The molecule has 1 aliphatic rings. The predicted molar refractivity (Wildman–Crippen MR) is 83.7 cm³/mol. The van der Waals surface area contributed by atoms with Gasteiger partial charge in [-0.1, -0.05) is 25.0 Å². The van der Waals surface area contributed by atoms with Gasteiger partial charge in [-0.2, -0.15) is 0 Å². The molecule has 2 N–H and O–H groups in total. The van der Waals surface area contributed by atoms with E-state index in [2.05, 4.69) is 10.2 Å². The lowest BCUT2D eigenvalue weighted by atomic mass is 10.0. The summed E-state index contributed by atoms with van der Waals surface area (Å²) in [6.07, 6.45) is 6.08. The monoisotopic (exact) mass is 294 g/mol. The Hall–Kier alpha value is -0.970. The van der Waals surface area contributed by atoms with Crippen molar-refractivity contribution >= 4 is 0 Å². The van der Waals surface area contributed by atoms with Crippen molar-refractivity contribution in [2.45, 2.75) is 44.2 Å². The lowest BCUT2D eigenvalue weighted by Gasteiger charge is -2.30. The van der Waals surface area contributed by atoms with Crippen LogP contribution in [0.1, 0.15) is 43.7 Å². The minimum absolute atomic E-state index is 0.193. The molecule has 0 aromatic heterocycles. The topological polar surface area (TPSA) is 35.5 Å². The van der Waals surface area contributed by atoms with Crippen molar-refractivity contribution in [3.8, 4) is 0 Å². The highest BCUT2D eigenvalue weighted by molar-refractivity contribution is 5.19. The average molecular weight is 294 g/mol. The molecule has 1 aromatic rings. The predicted octanol–water partition coefficient (Wildman–Crippen LogP) is 2.71. The van der Waals surface area contributed by atoms with Gasteiger partial charge >= 0.3 is 0 Å². The number of rotatable bonds is 8. The van der Waals surface area contributed by atoms with Crippen molar-refractivity contribution in [1.29, 1.82) is 0 Å². The molecular weight excluding hydrogens is 267 g/mol. The number of aliphatic hydroxyl groups is 1. The second-order valence-corrected chi connectivity index (χ2v) is 5.88. The van der Waals surface area contributed by atoms with E-state index < -0.39 is 0 Å². The molecule has 0 spiro atoms. The Labute approximate surface area is 127 Å². The Bertz CT molecular complexity index is 404. The third kappa shape index (κ3) is 4.77. The van der Waals surface area contributed by atoms with Crippen LogP contribution in [0.5, 0.6) is 0 Å². The van der Waals surface area contributed by atoms with E-state index in [1.54, 1.807) is 0 Å². The molecule has 1 aromatic carbocycles. The van der Waals surface area contributed by atoms with Crippen LogP contribution < -0.4 is 5.32 Å². The van der Waals surface area contributed by atoms with Gasteiger partial charge in [-0.3, -0.25) is 4.90 Å². The van der Waals surface area contributed by atoms with Gasteiger partial charge in [0.25, 0.3) is 0 Å². The summed E-state index contributed by atoms with van der Waals surface area (Å²) in [6.45, 7) is 1.94. The zero-order valence-electron chi connectivity index (χ0n) is 12.9. The van der Waals surface area contributed by atoms with Crippen LogP contribution in [0.15, 0.2) is 24.3 Å². The maximum Gasteiger partial charge on any atom is 0.123 e. The SMILES string of the molecule is CNC(CCN(CCO)C1CCCC1)c1ccc(F)cc1. The van der Waals surface area contributed by atoms with E-state index in [1.807, 2.05) is 19.2 Å². The van der Waals surface area contributed by atoms with Gasteiger partial charge in [-0.05, 0) is 44.0 Å². The van der Waals surface area contributed by atoms with Crippen molar-refractivity contribution in [2.75, 3.05) is 26.7 Å². The fourth-order valence-corrected chi connectivity index (χ4v) is 3.34. The first-order chi connectivity index (χ1) is 10.2. The van der Waals surface area contributed by atoms with Crippen LogP contribution in [-0.4, -0.2) is 42.8 Å². The summed E-state index contributed by atoms with van der Waals surface area (Å²) < 4.78 is 13.0. The maximum absolute atomic E-state index is 13.0. The summed E-state index contributed by atoms with van der Waals surface area (Å²) >= 11 is 0. The van der Waals surface area contributed by atoms with Gasteiger partial charge in [-0.25, -0.2) is 4.39 Å². The molecule has 1 atom stereocenters. The summed E-state index contributed by atoms with van der Waals surface area (Å²) in [5.74, 6) is -0.193. The average Bonchev–Trinajstić information content (AvgIpc) is 3.02. The minimum atomic E-state index is -0.193. The fourth-order valence-electron chi connectivity index (χ4n) is 3.34. The zero-order valence-corrected chi connectivity index (χ0v) is 12.9. The Morgan fingerprint density at radius 3 is 2.48 bits per heavy atom. The summed E-state index contributed by atoms with van der Waals surface area (Å²) in [5.41, 5.74) is 1.12. The van der Waals surface area contributed by atoms with Crippen molar-refractivity contribution in [3.63, 3.8) is 0 Å². The normalized spacial score (nSPS) is 17.5. The van der Waals surface area contributed by atoms with Gasteiger partial charge in [0.05, 0.1) is 6.61 Å². The highest BCUT2D eigenvalue weighted by Gasteiger charge is 2.22. The maximum atomic E-state index is 13.0. The molecule has 1 aliphatic carbocycles. The first-order valence-electron chi connectivity index (χ1n) is 8.02. The Balaban J connectivity index is 1.92. The highest BCUT2D eigenvalue weighted by atomic mass is 19.1. The molecular formula is C17H27FN2O. The largest absolute Gasteiger partial charge is 0.395 e. The van der Waals surface area contributed by atoms with E-state index >= 15 is 0 Å². The van der Waals surface area contributed by atoms with E-state index in [1.165, 1.54) is 37.8 Å². The van der Waals surface area contributed by atoms with Gasteiger partial charge in [0.2, 0.25) is 0 Å². The molecule has 21 heavy (non-hydrogen) atoms. The van der Waals surface area contributed by atoms with Gasteiger partial charge in [0, 0.05) is 25.2 Å². The Kier molecular flexibility index (Phi) is 6.61. The molecule has 1 fully saturated rings. The van der Waals surface area contributed by atoms with Crippen LogP contribution in [0.25, 0.3) is 0 Å². The van der Waals surface area contributed by atoms with Gasteiger partial charge in [0.15, 0.2) is 0 Å². The number of hydrogen-bond acceptors (Lipinski definition) is 3. The van der Waals surface area contributed by atoms with E-state index in [-0.39, 0.29) is 18.5 Å². The molecule has 0 radical (unpaired) electrons. The van der Waals surface area contributed by atoms with E-state index in [9.17, 15) is 9.50 Å². The van der Waals surface area contributed by atoms with Crippen LogP contribution in [0, 0.1) is 5.82 Å². The first kappa shape index (κ1) is 16.4. The number of benzene rings is 1. The third-order valence-electron chi connectivity index (χ3n) is 4.55. The second kappa shape index (κ2) is 8.47. The summed E-state index contributed by atoms with van der Waals surface area (Å²) in [4.78, 5) is 2.42. The van der Waals surface area contributed by atoms with Crippen LogP contribution in [0.3, 0.4) is 0 Å². The second-order valence-electron chi connectivity index (χ2n) is 5.88. The standard InChI is InChI=1S/C17H27FN2O/c1-19-17(14-6-8-15(18)9-7-14)10-11-20(12-13-21)16-4-2-3-5-16/h6-9,16-17,19,21H,2-5,10-13H2,1H3. The quantitative estimate of drug-likeness (QED) is 0.774. The number of hydrogen-bond donors (Lipinski definition) is 2. The van der Waals surface area contributed by atoms with Gasteiger partial charge in [-0.15, -0.1) is 0 Å². The third-order valence-corrected chi connectivity index (χ3v) is 4.55. The van der Waals surface area contributed by atoms with E-state index in [0.717, 1.165) is 25.1 Å². The molecule has 2 rings (SSSR count). The molecule has 1 saturated carbocycles. The van der Waals surface area contributed by atoms with Crippen LogP contribution in [0.4, 0.5) is 4.39 Å². The van der Waals surface area contributed by atoms with E-state index in [4.69, 9.17) is 0 Å². The molecule has 0 aliphatic heterocycles. The smallest absolute Gasteiger partial charge is 0.123 e. The summed E-state index contributed by atoms with van der Waals surface area (Å²) in [7, 11) is 1.94. The summed E-state index contributed by atoms with van der Waals surface area (Å²) in [6, 6.07) is 7.59. The minimum Gasteiger partial charge on any atom is -0.395 e. The van der Waals surface area contributed by atoms with Crippen LogP contribution in [0.2, 0.25) is 0 Å². The molecule has 3 nitrogen and oxygen atoms in total. The highest BCUT2D eigenvalue weighted by Crippen LogP contribution is 2.25. The van der Waals surface area contributed by atoms with Crippen molar-refractivity contribution in [3.05, 3.63) is 35.6 Å². The lowest BCUT2D eigenvalue weighted by Crippen LogP contribution is -2.37. The van der Waals surface area contributed by atoms with Crippen LogP contribution in [-0.2, 0) is 0 Å². The molecule has 4 heteroatoms. The molecule has 0 heterocycles. The van der Waals surface area contributed by atoms with Gasteiger partial charge < -0.3 is 10.4 Å². The number of nitrogens with one attached hydrogen (secondary N) is 1. The van der Waals surface area contributed by atoms with Crippen molar-refractivity contribution < 1.29 is 9.50 Å². The molecule has 0 saturated heterocycles. The number of halogens is 1. The van der Waals surface area contributed by atoms with E-state index in [0.29, 0.717) is 6.04 Å². The van der Waals surface area contributed by atoms with Crippen molar-refractivity contribution in [2.24, 2.45) is 0 Å². The zero-order chi connectivity index (χ0) is 15.1. The molecule has 1 unspecified atom stereocenters. The summed E-state index contributed by atoms with van der Waals surface area (Å²) in [5, 5.41) is 12.6. The molecule has 118 valence electrons. The lowest BCUT2D eigenvalue weighted by molar-refractivity contribution is 0.146. The van der Waals surface area contributed by atoms with Gasteiger partial charge in [0.1, 0.15) is 5.82 Å². The number of nitrogens with zero attached hydrogens (tertiary/aromatic N) is 1.